The largest absolute Gasteiger partial charge is 0.309 e. The van der Waals surface area contributed by atoms with Crippen molar-refractivity contribution in [1.29, 1.82) is 0 Å². The van der Waals surface area contributed by atoms with Gasteiger partial charge in [-0.05, 0) is 41.6 Å². The van der Waals surface area contributed by atoms with Crippen LogP contribution in [0.5, 0.6) is 0 Å². The van der Waals surface area contributed by atoms with Crippen LogP contribution in [0.4, 0.5) is 0 Å². The summed E-state index contributed by atoms with van der Waals surface area (Å²) in [5.41, 5.74) is 2.82. The summed E-state index contributed by atoms with van der Waals surface area (Å²) in [5.74, 6) is 0. The molecule has 16 heavy (non-hydrogen) atoms. The number of hydrogen-bond acceptors (Lipinski definition) is 1. The zero-order valence-corrected chi connectivity index (χ0v) is 12.2. The second-order valence-corrected chi connectivity index (χ2v) is 6.69. The summed E-state index contributed by atoms with van der Waals surface area (Å²) in [6.07, 6.45) is 1.04. The number of fused-ring (bicyclic) bond motifs is 1. The molecule has 1 atom stereocenters. The van der Waals surface area contributed by atoms with Crippen molar-refractivity contribution in [2.45, 2.75) is 33.2 Å². The number of halogens is 2. The van der Waals surface area contributed by atoms with Gasteiger partial charge in [0.15, 0.2) is 0 Å². The van der Waals surface area contributed by atoms with Gasteiger partial charge in [-0.2, -0.15) is 0 Å². The van der Waals surface area contributed by atoms with Gasteiger partial charge >= 0.3 is 0 Å². The van der Waals surface area contributed by atoms with Gasteiger partial charge in [-0.15, -0.1) is 0 Å². The first-order valence-corrected chi connectivity index (χ1v) is 6.78. The third-order valence-corrected chi connectivity index (χ3v) is 4.20. The van der Waals surface area contributed by atoms with Gasteiger partial charge in [0.05, 0.1) is 0 Å². The van der Waals surface area contributed by atoms with Gasteiger partial charge < -0.3 is 5.32 Å². The molecule has 1 aromatic rings. The molecule has 1 aliphatic heterocycles. The zero-order chi connectivity index (χ0) is 11.9. The van der Waals surface area contributed by atoms with Crippen molar-refractivity contribution in [3.05, 3.63) is 32.8 Å². The fraction of sp³-hybridized carbons (Fsp3) is 0.538. The summed E-state index contributed by atoms with van der Waals surface area (Å²) >= 11 is 9.98. The molecule has 1 aliphatic rings. The molecule has 88 valence electrons. The number of rotatable bonds is 0. The van der Waals surface area contributed by atoms with Gasteiger partial charge in [0.2, 0.25) is 0 Å². The van der Waals surface area contributed by atoms with Crippen LogP contribution in [0.25, 0.3) is 0 Å². The fourth-order valence-corrected chi connectivity index (χ4v) is 3.19. The molecule has 1 unspecified atom stereocenters. The van der Waals surface area contributed by atoms with Crippen LogP contribution in [0.15, 0.2) is 16.6 Å². The van der Waals surface area contributed by atoms with Crippen LogP contribution < -0.4 is 5.32 Å². The standard InChI is InChI=1S/C13H17BrClN/c1-13(2,3)12-11-8(6-7-16-12)9(14)4-5-10(11)15/h4-5,12,16H,6-7H2,1-3H3. The maximum absolute atomic E-state index is 6.35. The van der Waals surface area contributed by atoms with Crippen molar-refractivity contribution < 1.29 is 0 Å². The van der Waals surface area contributed by atoms with Crippen molar-refractivity contribution in [1.82, 2.24) is 5.32 Å². The average molecular weight is 303 g/mol. The highest BCUT2D eigenvalue weighted by Crippen LogP contribution is 2.42. The van der Waals surface area contributed by atoms with Crippen molar-refractivity contribution in [3.63, 3.8) is 0 Å². The van der Waals surface area contributed by atoms with Crippen LogP contribution in [-0.4, -0.2) is 6.54 Å². The van der Waals surface area contributed by atoms with Crippen molar-refractivity contribution >= 4 is 27.5 Å². The summed E-state index contributed by atoms with van der Waals surface area (Å²) in [7, 11) is 0. The molecule has 0 saturated carbocycles. The Morgan fingerprint density at radius 1 is 1.38 bits per heavy atom. The van der Waals surface area contributed by atoms with Crippen LogP contribution in [0.3, 0.4) is 0 Å². The van der Waals surface area contributed by atoms with E-state index in [-0.39, 0.29) is 5.41 Å². The number of nitrogens with one attached hydrogen (secondary N) is 1. The molecule has 0 aromatic heterocycles. The van der Waals surface area contributed by atoms with Crippen molar-refractivity contribution in [2.75, 3.05) is 6.54 Å². The normalized spacial score (nSPS) is 20.7. The van der Waals surface area contributed by atoms with Gasteiger partial charge in [-0.1, -0.05) is 48.3 Å². The third-order valence-electron chi connectivity index (χ3n) is 3.12. The molecule has 1 heterocycles. The highest BCUT2D eigenvalue weighted by Gasteiger charge is 2.32. The molecule has 0 aliphatic carbocycles. The van der Waals surface area contributed by atoms with Crippen LogP contribution >= 0.6 is 27.5 Å². The predicted octanol–water partition coefficient (Wildman–Crippen LogP) is 4.34. The van der Waals surface area contributed by atoms with E-state index < -0.39 is 0 Å². The van der Waals surface area contributed by atoms with E-state index in [4.69, 9.17) is 11.6 Å². The van der Waals surface area contributed by atoms with E-state index in [2.05, 4.69) is 42.0 Å². The molecule has 0 amide bonds. The quantitative estimate of drug-likeness (QED) is 0.752. The molecule has 0 fully saturated rings. The first-order chi connectivity index (χ1) is 7.41. The predicted molar refractivity (Wildman–Crippen MR) is 73.1 cm³/mol. The Balaban J connectivity index is 2.58. The monoisotopic (exact) mass is 301 g/mol. The first kappa shape index (κ1) is 12.4. The lowest BCUT2D eigenvalue weighted by molar-refractivity contribution is 0.263. The minimum Gasteiger partial charge on any atom is -0.309 e. The lowest BCUT2D eigenvalue weighted by Crippen LogP contribution is -2.38. The SMILES string of the molecule is CC(C)(C)C1NCCc2c(Br)ccc(Cl)c21. The molecular weight excluding hydrogens is 286 g/mol. The van der Waals surface area contributed by atoms with Crippen LogP contribution in [0, 0.1) is 5.41 Å². The minimum absolute atomic E-state index is 0.180. The molecule has 0 bridgehead atoms. The molecule has 1 N–H and O–H groups in total. The van der Waals surface area contributed by atoms with Gasteiger partial charge in [0.1, 0.15) is 0 Å². The minimum atomic E-state index is 0.180. The second-order valence-electron chi connectivity index (χ2n) is 5.42. The Morgan fingerprint density at radius 3 is 2.69 bits per heavy atom. The summed E-state index contributed by atoms with van der Waals surface area (Å²) in [6, 6.07) is 4.36. The average Bonchev–Trinajstić information content (AvgIpc) is 2.22. The topological polar surface area (TPSA) is 12.0 Å². The van der Waals surface area contributed by atoms with E-state index in [0.29, 0.717) is 6.04 Å². The van der Waals surface area contributed by atoms with Crippen LogP contribution in [-0.2, 0) is 6.42 Å². The molecule has 0 radical (unpaired) electrons. The first-order valence-electron chi connectivity index (χ1n) is 5.61. The van der Waals surface area contributed by atoms with E-state index in [1.807, 2.05) is 12.1 Å². The van der Waals surface area contributed by atoms with Crippen molar-refractivity contribution in [2.24, 2.45) is 5.41 Å². The second kappa shape index (κ2) is 4.32. The number of benzene rings is 1. The summed E-state index contributed by atoms with van der Waals surface area (Å²) in [4.78, 5) is 0. The van der Waals surface area contributed by atoms with Gasteiger partial charge in [0, 0.05) is 15.5 Å². The van der Waals surface area contributed by atoms with Crippen molar-refractivity contribution in [3.8, 4) is 0 Å². The Hall–Kier alpha value is -0.0500. The molecule has 1 nitrogen and oxygen atoms in total. The van der Waals surface area contributed by atoms with E-state index in [1.165, 1.54) is 15.6 Å². The molecule has 2 rings (SSSR count). The molecule has 1 aromatic carbocycles. The lowest BCUT2D eigenvalue weighted by Gasteiger charge is -2.37. The maximum Gasteiger partial charge on any atom is 0.0457 e. The molecule has 3 heteroatoms. The van der Waals surface area contributed by atoms with E-state index in [0.717, 1.165) is 18.0 Å². The van der Waals surface area contributed by atoms with Crippen LogP contribution in [0.1, 0.15) is 37.9 Å². The Bertz CT molecular complexity index is 409. The maximum atomic E-state index is 6.35. The smallest absolute Gasteiger partial charge is 0.0457 e. The summed E-state index contributed by atoms with van der Waals surface area (Å²) in [5, 5.41) is 4.46. The van der Waals surface area contributed by atoms with Gasteiger partial charge in [0.25, 0.3) is 0 Å². The van der Waals surface area contributed by atoms with E-state index >= 15 is 0 Å². The van der Waals surface area contributed by atoms with Gasteiger partial charge in [-0.3, -0.25) is 0 Å². The summed E-state index contributed by atoms with van der Waals surface area (Å²) < 4.78 is 1.18. The van der Waals surface area contributed by atoms with E-state index in [1.54, 1.807) is 0 Å². The fourth-order valence-electron chi connectivity index (χ4n) is 2.36. The molecule has 0 saturated heterocycles. The third kappa shape index (κ3) is 2.15. The van der Waals surface area contributed by atoms with Crippen LogP contribution in [0.2, 0.25) is 5.02 Å². The Kier molecular flexibility index (Phi) is 3.35. The molecule has 0 spiro atoms. The van der Waals surface area contributed by atoms with E-state index in [9.17, 15) is 0 Å². The van der Waals surface area contributed by atoms with Gasteiger partial charge in [-0.25, -0.2) is 0 Å². The lowest BCUT2D eigenvalue weighted by atomic mass is 9.78. The molecular formula is C13H17BrClN. The Labute approximate surface area is 111 Å². The zero-order valence-electron chi connectivity index (χ0n) is 9.90. The highest BCUT2D eigenvalue weighted by atomic mass is 79.9. The highest BCUT2D eigenvalue weighted by molar-refractivity contribution is 9.10. The summed E-state index contributed by atoms with van der Waals surface area (Å²) in [6.45, 7) is 7.76. The number of hydrogen-bond donors (Lipinski definition) is 1. The Morgan fingerprint density at radius 2 is 2.06 bits per heavy atom.